The molecule has 1 N–H and O–H groups in total. The van der Waals surface area contributed by atoms with Crippen molar-refractivity contribution in [2.24, 2.45) is 0 Å². The maximum atomic E-state index is 12.2. The Morgan fingerprint density at radius 3 is 2.32 bits per heavy atom. The van der Waals surface area contributed by atoms with E-state index in [4.69, 9.17) is 4.28 Å². The van der Waals surface area contributed by atoms with E-state index in [9.17, 15) is 8.42 Å². The minimum absolute atomic E-state index is 0.117. The average molecular weight is 313 g/mol. The fourth-order valence-corrected chi connectivity index (χ4v) is 2.93. The van der Waals surface area contributed by atoms with Gasteiger partial charge in [-0.15, -0.1) is 4.28 Å². The van der Waals surface area contributed by atoms with Gasteiger partial charge in [-0.05, 0) is 30.5 Å². The third kappa shape index (κ3) is 2.95. The molecule has 0 aromatic heterocycles. The summed E-state index contributed by atoms with van der Waals surface area (Å²) < 4.78 is 29.3. The topological polar surface area (TPSA) is 55.4 Å². The van der Waals surface area contributed by atoms with E-state index in [1.165, 1.54) is 12.1 Å². The van der Waals surface area contributed by atoms with Crippen molar-refractivity contribution in [2.75, 3.05) is 5.48 Å². The number of aryl methyl sites for hydroxylation is 1. The lowest BCUT2D eigenvalue weighted by Crippen LogP contribution is -2.11. The maximum Gasteiger partial charge on any atom is 0.317 e. The summed E-state index contributed by atoms with van der Waals surface area (Å²) in [6, 6.07) is 19.7. The minimum Gasteiger partial charge on any atom is -0.249 e. The number of anilines is 1. The molecule has 0 fully saturated rings. The van der Waals surface area contributed by atoms with Crippen LogP contribution in [0.1, 0.15) is 5.56 Å². The van der Waals surface area contributed by atoms with Gasteiger partial charge in [0.1, 0.15) is 0 Å². The molecular weight excluding hydrogens is 298 g/mol. The largest absolute Gasteiger partial charge is 0.317 e. The Hall–Kier alpha value is -2.37. The van der Waals surface area contributed by atoms with Gasteiger partial charge in [-0.2, -0.15) is 8.42 Å². The Labute approximate surface area is 129 Å². The first kappa shape index (κ1) is 14.6. The van der Waals surface area contributed by atoms with Crippen LogP contribution in [-0.2, 0) is 14.4 Å². The van der Waals surface area contributed by atoms with Gasteiger partial charge in [0, 0.05) is 5.39 Å². The fourth-order valence-electron chi connectivity index (χ4n) is 2.17. The van der Waals surface area contributed by atoms with Gasteiger partial charge < -0.3 is 0 Å². The number of nitrogens with one attached hydrogen (secondary N) is 1. The number of benzene rings is 3. The molecule has 112 valence electrons. The van der Waals surface area contributed by atoms with Crippen molar-refractivity contribution in [1.82, 2.24) is 0 Å². The molecule has 5 heteroatoms. The molecule has 4 nitrogen and oxygen atoms in total. The van der Waals surface area contributed by atoms with Crippen LogP contribution in [0.25, 0.3) is 10.8 Å². The van der Waals surface area contributed by atoms with Crippen molar-refractivity contribution in [3.63, 3.8) is 0 Å². The van der Waals surface area contributed by atoms with Crippen LogP contribution in [0.4, 0.5) is 5.69 Å². The van der Waals surface area contributed by atoms with Gasteiger partial charge in [0.2, 0.25) is 0 Å². The molecule has 0 spiro atoms. The predicted molar refractivity (Wildman–Crippen MR) is 87.0 cm³/mol. The minimum atomic E-state index is -3.85. The summed E-state index contributed by atoms with van der Waals surface area (Å²) in [6.45, 7) is 1.89. The highest BCUT2D eigenvalue weighted by atomic mass is 32.2. The van der Waals surface area contributed by atoms with E-state index in [-0.39, 0.29) is 4.90 Å². The molecule has 3 aromatic carbocycles. The van der Waals surface area contributed by atoms with E-state index in [1.54, 1.807) is 18.2 Å². The second-order valence-corrected chi connectivity index (χ2v) is 6.53. The van der Waals surface area contributed by atoms with Crippen LogP contribution in [0.15, 0.2) is 71.6 Å². The van der Waals surface area contributed by atoms with Crippen LogP contribution < -0.4 is 5.48 Å². The van der Waals surface area contributed by atoms with E-state index in [0.29, 0.717) is 5.69 Å². The van der Waals surface area contributed by atoms with E-state index in [1.807, 2.05) is 43.3 Å². The van der Waals surface area contributed by atoms with Gasteiger partial charge in [0.05, 0.1) is 10.6 Å². The molecule has 0 saturated carbocycles. The molecular formula is C17H15NO3S. The molecule has 0 radical (unpaired) electrons. The smallest absolute Gasteiger partial charge is 0.249 e. The fraction of sp³-hybridized carbons (Fsp3) is 0.0588. The SMILES string of the molecule is Cc1ccc(S(=O)(=O)ONc2cccc3ccccc23)cc1. The van der Waals surface area contributed by atoms with E-state index < -0.39 is 10.1 Å². The van der Waals surface area contributed by atoms with E-state index >= 15 is 0 Å². The molecule has 0 atom stereocenters. The van der Waals surface area contributed by atoms with Crippen LogP contribution in [0, 0.1) is 6.92 Å². The highest BCUT2D eigenvalue weighted by Crippen LogP contribution is 2.24. The number of hydrogen-bond acceptors (Lipinski definition) is 4. The van der Waals surface area contributed by atoms with Crippen LogP contribution >= 0.6 is 0 Å². The molecule has 0 unspecified atom stereocenters. The molecule has 0 saturated heterocycles. The zero-order chi connectivity index (χ0) is 15.6. The number of rotatable bonds is 4. The van der Waals surface area contributed by atoms with Gasteiger partial charge in [-0.3, -0.25) is 0 Å². The summed E-state index contributed by atoms with van der Waals surface area (Å²) in [4.78, 5) is 0.117. The van der Waals surface area contributed by atoms with Gasteiger partial charge in [0.25, 0.3) is 0 Å². The van der Waals surface area contributed by atoms with Crippen molar-refractivity contribution in [3.8, 4) is 0 Å². The third-order valence-electron chi connectivity index (χ3n) is 3.36. The zero-order valence-electron chi connectivity index (χ0n) is 12.0. The van der Waals surface area contributed by atoms with E-state index in [2.05, 4.69) is 5.48 Å². The summed E-state index contributed by atoms with van der Waals surface area (Å²) in [7, 11) is -3.85. The van der Waals surface area contributed by atoms with Gasteiger partial charge in [-0.25, -0.2) is 5.48 Å². The van der Waals surface area contributed by atoms with Crippen molar-refractivity contribution in [2.45, 2.75) is 11.8 Å². The first-order chi connectivity index (χ1) is 10.6. The van der Waals surface area contributed by atoms with Crippen molar-refractivity contribution in [3.05, 3.63) is 72.3 Å². The lowest BCUT2D eigenvalue weighted by Gasteiger charge is -2.10. The zero-order valence-corrected chi connectivity index (χ0v) is 12.8. The molecule has 0 heterocycles. The summed E-state index contributed by atoms with van der Waals surface area (Å²) in [5.74, 6) is 0. The molecule has 22 heavy (non-hydrogen) atoms. The molecule has 0 aliphatic carbocycles. The summed E-state index contributed by atoms with van der Waals surface area (Å²) in [5.41, 5.74) is 4.15. The highest BCUT2D eigenvalue weighted by molar-refractivity contribution is 7.86. The Kier molecular flexibility index (Phi) is 3.83. The first-order valence-corrected chi connectivity index (χ1v) is 8.21. The summed E-state index contributed by atoms with van der Waals surface area (Å²) >= 11 is 0. The van der Waals surface area contributed by atoms with Crippen LogP contribution in [0.5, 0.6) is 0 Å². The van der Waals surface area contributed by atoms with Crippen LogP contribution in [-0.4, -0.2) is 8.42 Å². The summed E-state index contributed by atoms with van der Waals surface area (Å²) in [5, 5.41) is 1.90. The monoisotopic (exact) mass is 313 g/mol. The highest BCUT2D eigenvalue weighted by Gasteiger charge is 2.15. The molecule has 0 aliphatic heterocycles. The lowest BCUT2D eigenvalue weighted by atomic mass is 10.1. The van der Waals surface area contributed by atoms with Gasteiger partial charge in [-0.1, -0.05) is 54.1 Å². The quantitative estimate of drug-likeness (QED) is 0.743. The van der Waals surface area contributed by atoms with Crippen LogP contribution in [0.3, 0.4) is 0 Å². The summed E-state index contributed by atoms with van der Waals surface area (Å²) in [6.07, 6.45) is 0. The second-order valence-electron chi connectivity index (χ2n) is 4.98. The molecule has 0 aliphatic rings. The van der Waals surface area contributed by atoms with Crippen molar-refractivity contribution < 1.29 is 12.7 Å². The first-order valence-electron chi connectivity index (χ1n) is 6.80. The normalized spacial score (nSPS) is 11.5. The maximum absolute atomic E-state index is 12.2. The lowest BCUT2D eigenvalue weighted by molar-refractivity contribution is 0.391. The van der Waals surface area contributed by atoms with Crippen LogP contribution in [0.2, 0.25) is 0 Å². The second kappa shape index (κ2) is 5.79. The Morgan fingerprint density at radius 1 is 0.864 bits per heavy atom. The Morgan fingerprint density at radius 2 is 1.55 bits per heavy atom. The molecule has 0 amide bonds. The molecule has 3 rings (SSSR count). The Bertz CT molecular complexity index is 897. The standard InChI is InChI=1S/C17H15NO3S/c1-13-9-11-15(12-10-13)22(19,20)21-18-17-8-4-6-14-5-2-3-7-16(14)17/h2-12,18H,1H3. The average Bonchev–Trinajstić information content (AvgIpc) is 2.53. The third-order valence-corrected chi connectivity index (χ3v) is 4.51. The Balaban J connectivity index is 1.86. The van der Waals surface area contributed by atoms with Crippen molar-refractivity contribution >= 4 is 26.6 Å². The number of fused-ring (bicyclic) bond motifs is 1. The molecule has 0 bridgehead atoms. The predicted octanol–water partition coefficient (Wildman–Crippen LogP) is 3.88. The van der Waals surface area contributed by atoms with E-state index in [0.717, 1.165) is 16.3 Å². The van der Waals surface area contributed by atoms with Crippen molar-refractivity contribution in [1.29, 1.82) is 0 Å². The molecule has 3 aromatic rings. The van der Waals surface area contributed by atoms with Gasteiger partial charge >= 0.3 is 10.1 Å². The van der Waals surface area contributed by atoms with Gasteiger partial charge in [0.15, 0.2) is 0 Å². The number of hydrogen-bond donors (Lipinski definition) is 1.